The zero-order chi connectivity index (χ0) is 17.7. The van der Waals surface area contributed by atoms with E-state index >= 15 is 0 Å². The Hall–Kier alpha value is -1.56. The minimum absolute atomic E-state index is 0.0213. The molecule has 0 aliphatic rings. The molecule has 4 nitrogen and oxygen atoms in total. The van der Waals surface area contributed by atoms with Gasteiger partial charge in [0.2, 0.25) is 0 Å². The topological polar surface area (TPSA) is 41.6 Å². The molecule has 0 radical (unpaired) electrons. The molecule has 0 spiro atoms. The zero-order valence-electron chi connectivity index (χ0n) is 13.8. The van der Waals surface area contributed by atoms with Crippen LogP contribution in [0, 0.1) is 0 Å². The molecule has 0 bridgehead atoms. The van der Waals surface area contributed by atoms with Crippen LogP contribution in [0.25, 0.3) is 0 Å². The van der Waals surface area contributed by atoms with Gasteiger partial charge in [-0.25, -0.2) is 0 Å². The molecule has 0 saturated heterocycles. The molecule has 1 N–H and O–H groups in total. The van der Waals surface area contributed by atoms with Gasteiger partial charge in [0.1, 0.15) is 5.75 Å². The van der Waals surface area contributed by atoms with Crippen LogP contribution in [0.2, 0.25) is 5.02 Å². The van der Waals surface area contributed by atoms with Crippen molar-refractivity contribution < 1.29 is 9.53 Å². The first-order chi connectivity index (χ1) is 11.4. The zero-order valence-corrected chi connectivity index (χ0v) is 16.2. The second kappa shape index (κ2) is 8.51. The van der Waals surface area contributed by atoms with E-state index in [0.29, 0.717) is 22.9 Å². The number of hydrogen-bond acceptors (Lipinski definition) is 3. The largest absolute Gasteiger partial charge is 0.497 e. The van der Waals surface area contributed by atoms with E-state index in [2.05, 4.69) is 21.2 Å². The van der Waals surface area contributed by atoms with E-state index in [1.807, 2.05) is 43.3 Å². The van der Waals surface area contributed by atoms with E-state index in [0.717, 1.165) is 10.0 Å². The second-order valence-corrected chi connectivity index (χ2v) is 6.82. The molecule has 2 aromatic rings. The summed E-state index contributed by atoms with van der Waals surface area (Å²) in [7, 11) is 5.49. The number of hydrogen-bond donors (Lipinski definition) is 1. The highest BCUT2D eigenvalue weighted by Crippen LogP contribution is 2.26. The van der Waals surface area contributed by atoms with Crippen LogP contribution < -0.4 is 10.1 Å². The summed E-state index contributed by atoms with van der Waals surface area (Å²) in [5.41, 5.74) is 1.51. The van der Waals surface area contributed by atoms with Crippen LogP contribution in [0.15, 0.2) is 46.9 Å². The predicted molar refractivity (Wildman–Crippen MR) is 101 cm³/mol. The number of carbonyl (C=O) groups excluding carboxylic acids is 1. The van der Waals surface area contributed by atoms with Gasteiger partial charge in [-0.1, -0.05) is 29.8 Å². The molecule has 2 rings (SSSR count). The van der Waals surface area contributed by atoms with Crippen LogP contribution in [-0.2, 0) is 0 Å². The summed E-state index contributed by atoms with van der Waals surface area (Å²) in [4.78, 5) is 14.6. The molecule has 0 aliphatic heterocycles. The number of carbonyl (C=O) groups is 1. The first-order valence-corrected chi connectivity index (χ1v) is 8.63. The Morgan fingerprint density at radius 2 is 2.00 bits per heavy atom. The minimum atomic E-state index is -0.167. The van der Waals surface area contributed by atoms with Crippen LogP contribution >= 0.6 is 27.5 Å². The smallest absolute Gasteiger partial charge is 0.252 e. The number of likely N-dealkylation sites (N-methyl/N-ethyl adjacent to an activating group) is 1. The summed E-state index contributed by atoms with van der Waals surface area (Å²) >= 11 is 9.70. The summed E-state index contributed by atoms with van der Waals surface area (Å²) in [6.07, 6.45) is 0. The third kappa shape index (κ3) is 4.50. The molecule has 2 aromatic carbocycles. The van der Waals surface area contributed by atoms with Gasteiger partial charge in [-0.15, -0.1) is 0 Å². The highest BCUT2D eigenvalue weighted by Gasteiger charge is 2.19. The predicted octanol–water partition coefficient (Wildman–Crippen LogP) is 4.14. The number of methoxy groups -OCH3 is 1. The van der Waals surface area contributed by atoms with Crippen molar-refractivity contribution in [3.05, 3.63) is 63.1 Å². The van der Waals surface area contributed by atoms with E-state index < -0.39 is 0 Å². The third-order valence-electron chi connectivity index (χ3n) is 3.76. The first kappa shape index (κ1) is 18.8. The average molecular weight is 412 g/mol. The average Bonchev–Trinajstić information content (AvgIpc) is 2.56. The molecule has 1 amide bonds. The molecule has 1 atom stereocenters. The Balaban J connectivity index is 2.15. The van der Waals surface area contributed by atoms with Gasteiger partial charge in [0.05, 0.1) is 18.7 Å². The van der Waals surface area contributed by atoms with Crippen molar-refractivity contribution in [3.8, 4) is 5.75 Å². The van der Waals surface area contributed by atoms with Crippen molar-refractivity contribution in [2.75, 3.05) is 27.7 Å². The Morgan fingerprint density at radius 3 is 2.62 bits per heavy atom. The van der Waals surface area contributed by atoms with Gasteiger partial charge in [0, 0.05) is 16.0 Å². The van der Waals surface area contributed by atoms with E-state index in [1.165, 1.54) is 0 Å². The Labute approximate surface area is 155 Å². The summed E-state index contributed by atoms with van der Waals surface area (Å²) in [6, 6.07) is 12.9. The van der Waals surface area contributed by atoms with Gasteiger partial charge in [0.25, 0.3) is 5.91 Å². The lowest BCUT2D eigenvalue weighted by molar-refractivity contribution is 0.0941. The maximum absolute atomic E-state index is 12.5. The fourth-order valence-corrected chi connectivity index (χ4v) is 3.09. The van der Waals surface area contributed by atoms with Crippen LogP contribution in [0.1, 0.15) is 22.0 Å². The SMILES string of the molecule is COc1ccc(Br)c(C(=O)NCC(c2ccccc2Cl)N(C)C)c1. The number of rotatable bonds is 6. The lowest BCUT2D eigenvalue weighted by Crippen LogP contribution is -2.34. The molecular weight excluding hydrogens is 392 g/mol. The molecule has 0 heterocycles. The number of nitrogens with zero attached hydrogens (tertiary/aromatic N) is 1. The molecule has 6 heteroatoms. The lowest BCUT2D eigenvalue weighted by atomic mass is 10.1. The molecule has 0 fully saturated rings. The number of amides is 1. The van der Waals surface area contributed by atoms with Gasteiger partial charge in [0.15, 0.2) is 0 Å². The second-order valence-electron chi connectivity index (χ2n) is 5.56. The minimum Gasteiger partial charge on any atom is -0.497 e. The maximum Gasteiger partial charge on any atom is 0.252 e. The fourth-order valence-electron chi connectivity index (χ4n) is 2.41. The van der Waals surface area contributed by atoms with Crippen LogP contribution in [0.4, 0.5) is 0 Å². The van der Waals surface area contributed by atoms with Gasteiger partial charge < -0.3 is 15.0 Å². The summed E-state index contributed by atoms with van der Waals surface area (Å²) < 4.78 is 5.90. The standard InChI is InChI=1S/C18H20BrClN2O2/c1-22(2)17(13-6-4-5-7-16(13)20)11-21-18(23)14-10-12(24-3)8-9-15(14)19/h4-10,17H,11H2,1-3H3,(H,21,23). The monoisotopic (exact) mass is 410 g/mol. The Kier molecular flexibility index (Phi) is 6.66. The maximum atomic E-state index is 12.5. The van der Waals surface area contributed by atoms with Gasteiger partial charge >= 0.3 is 0 Å². The number of ether oxygens (including phenoxy) is 1. The third-order valence-corrected chi connectivity index (χ3v) is 4.80. The van der Waals surface area contributed by atoms with Gasteiger partial charge in [-0.05, 0) is 59.9 Å². The van der Waals surface area contributed by atoms with Crippen molar-refractivity contribution >= 4 is 33.4 Å². The van der Waals surface area contributed by atoms with Gasteiger partial charge in [-0.3, -0.25) is 4.79 Å². The molecule has 128 valence electrons. The quantitative estimate of drug-likeness (QED) is 0.776. The fraction of sp³-hybridized carbons (Fsp3) is 0.278. The molecule has 1 unspecified atom stereocenters. The van der Waals surface area contributed by atoms with Crippen LogP contribution in [0.5, 0.6) is 5.75 Å². The lowest BCUT2D eigenvalue weighted by Gasteiger charge is -2.26. The molecule has 24 heavy (non-hydrogen) atoms. The Bertz CT molecular complexity index is 722. The van der Waals surface area contributed by atoms with E-state index in [1.54, 1.807) is 25.3 Å². The van der Waals surface area contributed by atoms with E-state index in [-0.39, 0.29) is 11.9 Å². The molecular formula is C18H20BrClN2O2. The van der Waals surface area contributed by atoms with Crippen molar-refractivity contribution in [1.29, 1.82) is 0 Å². The van der Waals surface area contributed by atoms with Crippen molar-refractivity contribution in [1.82, 2.24) is 10.2 Å². The highest BCUT2D eigenvalue weighted by atomic mass is 79.9. The van der Waals surface area contributed by atoms with Crippen molar-refractivity contribution in [3.63, 3.8) is 0 Å². The molecule has 0 saturated carbocycles. The number of benzene rings is 2. The van der Waals surface area contributed by atoms with E-state index in [4.69, 9.17) is 16.3 Å². The van der Waals surface area contributed by atoms with Crippen LogP contribution in [0.3, 0.4) is 0 Å². The normalized spacial score (nSPS) is 12.1. The summed E-state index contributed by atoms with van der Waals surface area (Å²) in [5.74, 6) is 0.471. The summed E-state index contributed by atoms with van der Waals surface area (Å²) in [5, 5.41) is 3.66. The van der Waals surface area contributed by atoms with Crippen molar-refractivity contribution in [2.24, 2.45) is 0 Å². The first-order valence-electron chi connectivity index (χ1n) is 7.46. The summed E-state index contributed by atoms with van der Waals surface area (Å²) in [6.45, 7) is 0.444. The number of nitrogens with one attached hydrogen (secondary N) is 1. The van der Waals surface area contributed by atoms with Gasteiger partial charge in [-0.2, -0.15) is 0 Å². The highest BCUT2D eigenvalue weighted by molar-refractivity contribution is 9.10. The van der Waals surface area contributed by atoms with Crippen molar-refractivity contribution in [2.45, 2.75) is 6.04 Å². The molecule has 0 aromatic heterocycles. The molecule has 0 aliphatic carbocycles. The van der Waals surface area contributed by atoms with E-state index in [9.17, 15) is 4.79 Å². The Morgan fingerprint density at radius 1 is 1.29 bits per heavy atom. The van der Waals surface area contributed by atoms with Crippen LogP contribution in [-0.4, -0.2) is 38.6 Å². The number of halogens is 2.